The van der Waals surface area contributed by atoms with Gasteiger partial charge in [-0.05, 0) is 31.7 Å². The third kappa shape index (κ3) is 3.93. The number of amides is 1. The van der Waals surface area contributed by atoms with E-state index in [0.29, 0.717) is 36.1 Å². The van der Waals surface area contributed by atoms with Crippen molar-refractivity contribution in [3.05, 3.63) is 17.8 Å². The highest BCUT2D eigenvalue weighted by molar-refractivity contribution is 6.09. The van der Waals surface area contributed by atoms with Crippen molar-refractivity contribution in [3.8, 4) is 5.88 Å². The molecule has 7 heteroatoms. The molecule has 2 saturated heterocycles. The van der Waals surface area contributed by atoms with E-state index in [4.69, 9.17) is 20.6 Å². The van der Waals surface area contributed by atoms with Crippen molar-refractivity contribution in [2.45, 2.75) is 44.6 Å². The number of hydrogen-bond donors (Lipinski definition) is 2. The standard InChI is InChI=1S/C20H28N4O3/c21-16-4-7-23-19(27-13-5-10-26-11-6-13)17(16)18(22)14-12-15(14)20(25)24-8-2-1-3-9-24/h4,7,13-15,22H,1-3,5-6,8-12H2,(H2,21,23). The van der Waals surface area contributed by atoms with Crippen LogP contribution in [0.4, 0.5) is 5.69 Å². The van der Waals surface area contributed by atoms with Crippen LogP contribution in [-0.4, -0.2) is 53.9 Å². The van der Waals surface area contributed by atoms with Gasteiger partial charge in [0.05, 0.1) is 24.5 Å². The number of rotatable bonds is 5. The zero-order valence-corrected chi connectivity index (χ0v) is 15.7. The van der Waals surface area contributed by atoms with Crippen molar-refractivity contribution in [2.75, 3.05) is 32.0 Å². The van der Waals surface area contributed by atoms with Crippen molar-refractivity contribution in [3.63, 3.8) is 0 Å². The molecule has 3 fully saturated rings. The highest BCUT2D eigenvalue weighted by Crippen LogP contribution is 2.44. The number of hydrogen-bond acceptors (Lipinski definition) is 6. The predicted octanol–water partition coefficient (Wildman–Crippen LogP) is 2.24. The normalized spacial score (nSPS) is 25.9. The van der Waals surface area contributed by atoms with Gasteiger partial charge in [-0.25, -0.2) is 4.98 Å². The summed E-state index contributed by atoms with van der Waals surface area (Å²) in [5.41, 5.74) is 7.62. The number of nitrogens with one attached hydrogen (secondary N) is 1. The first-order valence-corrected chi connectivity index (χ1v) is 10.0. The van der Waals surface area contributed by atoms with Gasteiger partial charge in [-0.3, -0.25) is 4.79 Å². The first-order valence-electron chi connectivity index (χ1n) is 10.0. The Balaban J connectivity index is 1.46. The Labute approximate surface area is 159 Å². The number of anilines is 1. The molecule has 1 aromatic rings. The van der Waals surface area contributed by atoms with Crippen LogP contribution in [0.3, 0.4) is 0 Å². The molecule has 1 saturated carbocycles. The van der Waals surface area contributed by atoms with Gasteiger partial charge in [-0.2, -0.15) is 0 Å². The smallest absolute Gasteiger partial charge is 0.226 e. The summed E-state index contributed by atoms with van der Waals surface area (Å²) < 4.78 is 11.4. The number of likely N-dealkylation sites (tertiary alicyclic amines) is 1. The molecule has 0 radical (unpaired) electrons. The molecule has 1 amide bonds. The third-order valence-electron chi connectivity index (χ3n) is 5.81. The molecule has 1 aliphatic carbocycles. The van der Waals surface area contributed by atoms with Gasteiger partial charge in [0.15, 0.2) is 0 Å². The minimum atomic E-state index is -0.0915. The second-order valence-electron chi connectivity index (χ2n) is 7.76. The van der Waals surface area contributed by atoms with Crippen LogP contribution < -0.4 is 10.5 Å². The summed E-state index contributed by atoms with van der Waals surface area (Å²) in [7, 11) is 0. The van der Waals surface area contributed by atoms with Crippen LogP contribution >= 0.6 is 0 Å². The van der Waals surface area contributed by atoms with E-state index in [2.05, 4.69) is 4.98 Å². The molecule has 4 rings (SSSR count). The Bertz CT molecular complexity index is 711. The second-order valence-corrected chi connectivity index (χ2v) is 7.76. The van der Waals surface area contributed by atoms with Crippen LogP contribution in [0.2, 0.25) is 0 Å². The zero-order chi connectivity index (χ0) is 18.8. The van der Waals surface area contributed by atoms with Crippen LogP contribution in [-0.2, 0) is 9.53 Å². The lowest BCUT2D eigenvalue weighted by Gasteiger charge is -2.27. The van der Waals surface area contributed by atoms with Crippen molar-refractivity contribution >= 4 is 17.3 Å². The molecule has 0 spiro atoms. The summed E-state index contributed by atoms with van der Waals surface area (Å²) in [6, 6.07) is 1.70. The lowest BCUT2D eigenvalue weighted by atomic mass is 10.0. The minimum Gasteiger partial charge on any atom is -0.474 e. The summed E-state index contributed by atoms with van der Waals surface area (Å²) >= 11 is 0. The number of aromatic nitrogens is 1. The number of carbonyl (C=O) groups is 1. The van der Waals surface area contributed by atoms with Gasteiger partial charge in [0.25, 0.3) is 0 Å². The van der Waals surface area contributed by atoms with E-state index in [9.17, 15) is 4.79 Å². The molecule has 146 valence electrons. The zero-order valence-electron chi connectivity index (χ0n) is 15.7. The molecular weight excluding hydrogens is 344 g/mol. The van der Waals surface area contributed by atoms with E-state index < -0.39 is 0 Å². The lowest BCUT2D eigenvalue weighted by Crippen LogP contribution is -2.37. The Morgan fingerprint density at radius 3 is 2.70 bits per heavy atom. The van der Waals surface area contributed by atoms with Gasteiger partial charge in [0.2, 0.25) is 11.8 Å². The quantitative estimate of drug-likeness (QED) is 0.772. The van der Waals surface area contributed by atoms with Crippen LogP contribution in [0.1, 0.15) is 44.1 Å². The minimum absolute atomic E-state index is 0.0320. The van der Waals surface area contributed by atoms with Gasteiger partial charge in [0.1, 0.15) is 6.10 Å². The van der Waals surface area contributed by atoms with Gasteiger partial charge in [-0.15, -0.1) is 0 Å². The molecule has 0 bridgehead atoms. The average Bonchev–Trinajstić information content (AvgIpc) is 3.49. The van der Waals surface area contributed by atoms with Crippen LogP contribution in [0.5, 0.6) is 5.88 Å². The maximum Gasteiger partial charge on any atom is 0.226 e. The maximum absolute atomic E-state index is 12.7. The summed E-state index contributed by atoms with van der Waals surface area (Å²) in [4.78, 5) is 19.0. The fourth-order valence-electron chi connectivity index (χ4n) is 4.09. The van der Waals surface area contributed by atoms with E-state index in [1.165, 1.54) is 6.42 Å². The summed E-state index contributed by atoms with van der Waals surface area (Å²) in [5.74, 6) is 0.441. The first-order chi connectivity index (χ1) is 13.1. The van der Waals surface area contributed by atoms with E-state index >= 15 is 0 Å². The molecule has 3 heterocycles. The molecule has 0 aromatic carbocycles. The molecule has 3 N–H and O–H groups in total. The summed E-state index contributed by atoms with van der Waals surface area (Å²) in [6.07, 6.45) is 7.35. The van der Waals surface area contributed by atoms with Gasteiger partial charge in [0, 0.05) is 49.7 Å². The monoisotopic (exact) mass is 372 g/mol. The Morgan fingerprint density at radius 1 is 1.22 bits per heavy atom. The fourth-order valence-corrected chi connectivity index (χ4v) is 4.09. The largest absolute Gasteiger partial charge is 0.474 e. The topological polar surface area (TPSA) is 102 Å². The molecule has 7 nitrogen and oxygen atoms in total. The predicted molar refractivity (Wildman–Crippen MR) is 102 cm³/mol. The van der Waals surface area contributed by atoms with Crippen molar-refractivity contribution in [1.29, 1.82) is 5.41 Å². The average molecular weight is 372 g/mol. The number of nitrogens with zero attached hydrogens (tertiary/aromatic N) is 2. The molecule has 2 aliphatic heterocycles. The van der Waals surface area contributed by atoms with Crippen LogP contribution in [0.15, 0.2) is 12.3 Å². The molecule has 27 heavy (non-hydrogen) atoms. The molecule has 3 aliphatic rings. The van der Waals surface area contributed by atoms with Crippen LogP contribution in [0.25, 0.3) is 0 Å². The lowest BCUT2D eigenvalue weighted by molar-refractivity contribution is -0.133. The fraction of sp³-hybridized carbons (Fsp3) is 0.650. The van der Waals surface area contributed by atoms with Gasteiger partial charge >= 0.3 is 0 Å². The second kappa shape index (κ2) is 7.84. The third-order valence-corrected chi connectivity index (χ3v) is 5.81. The number of carbonyl (C=O) groups excluding carboxylic acids is 1. The van der Waals surface area contributed by atoms with E-state index in [-0.39, 0.29) is 23.8 Å². The molecule has 1 aromatic heterocycles. The highest BCUT2D eigenvalue weighted by atomic mass is 16.5. The Kier molecular flexibility index (Phi) is 5.29. The number of nitrogen functional groups attached to an aromatic ring is 1. The van der Waals surface area contributed by atoms with Crippen molar-refractivity contribution < 1.29 is 14.3 Å². The molecule has 2 unspecified atom stereocenters. The molecule has 2 atom stereocenters. The number of nitrogens with two attached hydrogens (primary N) is 1. The summed E-state index contributed by atoms with van der Waals surface area (Å²) in [6.45, 7) is 3.05. The van der Waals surface area contributed by atoms with Crippen LogP contribution in [0, 0.1) is 17.2 Å². The van der Waals surface area contributed by atoms with E-state index in [1.807, 2.05) is 4.90 Å². The Hall–Kier alpha value is -2.15. The van der Waals surface area contributed by atoms with Crippen molar-refractivity contribution in [1.82, 2.24) is 9.88 Å². The van der Waals surface area contributed by atoms with Crippen molar-refractivity contribution in [2.24, 2.45) is 11.8 Å². The first kappa shape index (κ1) is 18.2. The Morgan fingerprint density at radius 2 is 1.96 bits per heavy atom. The van der Waals surface area contributed by atoms with Gasteiger partial charge < -0.3 is 25.5 Å². The SMILES string of the molecule is N=C(c1c(N)ccnc1OC1CCOCC1)C1CC1C(=O)N1CCCCC1. The number of piperidine rings is 1. The highest BCUT2D eigenvalue weighted by Gasteiger charge is 2.48. The van der Waals surface area contributed by atoms with E-state index in [0.717, 1.165) is 45.2 Å². The van der Waals surface area contributed by atoms with Gasteiger partial charge in [-0.1, -0.05) is 0 Å². The number of ether oxygens (including phenoxy) is 2. The summed E-state index contributed by atoms with van der Waals surface area (Å²) in [5, 5.41) is 8.69. The molecular formula is C20H28N4O3. The maximum atomic E-state index is 12.7. The number of pyridine rings is 1. The van der Waals surface area contributed by atoms with E-state index in [1.54, 1.807) is 12.3 Å².